The van der Waals surface area contributed by atoms with E-state index < -0.39 is 5.82 Å². The highest BCUT2D eigenvalue weighted by atomic mass is 19.1. The van der Waals surface area contributed by atoms with Crippen LogP contribution in [-0.4, -0.2) is 18.2 Å². The lowest BCUT2D eigenvalue weighted by molar-refractivity contribution is -0.113. The molecule has 3 aliphatic rings. The van der Waals surface area contributed by atoms with Gasteiger partial charge in [-0.15, -0.1) is 0 Å². The summed E-state index contributed by atoms with van der Waals surface area (Å²) >= 11 is 0. The summed E-state index contributed by atoms with van der Waals surface area (Å²) in [4.78, 5) is 19.1. The molecule has 0 atom stereocenters. The number of allylic oxidation sites excluding steroid dienone is 1. The first-order valence-corrected chi connectivity index (χ1v) is 9.77. The van der Waals surface area contributed by atoms with E-state index in [9.17, 15) is 9.18 Å². The van der Waals surface area contributed by atoms with Crippen LogP contribution in [-0.2, 0) is 4.79 Å². The van der Waals surface area contributed by atoms with Gasteiger partial charge in [0.1, 0.15) is 23.0 Å². The monoisotopic (exact) mass is 388 g/mol. The molecule has 2 aromatic rings. The third kappa shape index (κ3) is 2.83. The van der Waals surface area contributed by atoms with Crippen molar-refractivity contribution in [2.24, 2.45) is 10.7 Å². The third-order valence-electron chi connectivity index (χ3n) is 5.72. The Morgan fingerprint density at radius 2 is 1.97 bits per heavy atom. The molecule has 29 heavy (non-hydrogen) atoms. The van der Waals surface area contributed by atoms with Gasteiger partial charge < -0.3 is 16.0 Å². The molecular formula is C23H21FN4O. The Bertz CT molecular complexity index is 1140. The lowest BCUT2D eigenvalue weighted by atomic mass is 9.87. The van der Waals surface area contributed by atoms with Crippen molar-refractivity contribution in [3.8, 4) is 0 Å². The van der Waals surface area contributed by atoms with E-state index in [2.05, 4.69) is 17.4 Å². The number of carbonyl (C=O) groups excluding carboxylic acids is 1. The van der Waals surface area contributed by atoms with Crippen LogP contribution >= 0.6 is 0 Å². The number of anilines is 1. The average molecular weight is 388 g/mol. The molecule has 0 saturated heterocycles. The number of carbonyl (C=O) groups is 1. The lowest BCUT2D eigenvalue weighted by Crippen LogP contribution is -2.32. The lowest BCUT2D eigenvalue weighted by Gasteiger charge is -2.28. The van der Waals surface area contributed by atoms with Crippen molar-refractivity contribution >= 4 is 28.7 Å². The number of amidine groups is 1. The SMILES string of the molecule is Cc1ccc2c(c1)N=C(C1=C(N)N(c3ccccc3F)CC1=O)NC2=C1CCC1. The molecule has 2 aliphatic heterocycles. The Hall–Kier alpha value is -3.41. The average Bonchev–Trinajstić information content (AvgIpc) is 2.94. The highest BCUT2D eigenvalue weighted by molar-refractivity contribution is 6.28. The van der Waals surface area contributed by atoms with E-state index in [4.69, 9.17) is 10.7 Å². The summed E-state index contributed by atoms with van der Waals surface area (Å²) in [5, 5.41) is 3.37. The molecular weight excluding hydrogens is 367 g/mol. The van der Waals surface area contributed by atoms with Crippen molar-refractivity contribution in [3.05, 3.63) is 76.4 Å². The maximum Gasteiger partial charge on any atom is 0.189 e. The number of Topliss-reactive ketones (excluding diaryl/α,β-unsaturated/α-hetero) is 1. The minimum atomic E-state index is -0.415. The van der Waals surface area contributed by atoms with Gasteiger partial charge in [-0.25, -0.2) is 9.38 Å². The topological polar surface area (TPSA) is 70.7 Å². The second-order valence-electron chi connectivity index (χ2n) is 7.66. The number of para-hydroxylation sites is 1. The molecule has 1 saturated carbocycles. The Morgan fingerprint density at radius 3 is 2.69 bits per heavy atom. The van der Waals surface area contributed by atoms with E-state index in [0.29, 0.717) is 17.1 Å². The second kappa shape index (κ2) is 6.58. The van der Waals surface area contributed by atoms with Crippen LogP contribution < -0.4 is 16.0 Å². The number of aryl methyl sites for hydroxylation is 1. The van der Waals surface area contributed by atoms with E-state index >= 15 is 0 Å². The molecule has 0 unspecified atom stereocenters. The number of halogens is 1. The third-order valence-corrected chi connectivity index (χ3v) is 5.72. The number of ketones is 1. The van der Waals surface area contributed by atoms with Gasteiger partial charge in [-0.05, 0) is 55.5 Å². The maximum atomic E-state index is 14.3. The van der Waals surface area contributed by atoms with Crippen LogP contribution in [0.15, 0.2) is 64.4 Å². The number of fused-ring (bicyclic) bond motifs is 1. The maximum absolute atomic E-state index is 14.3. The summed E-state index contributed by atoms with van der Waals surface area (Å²) in [5.74, 6) is 0.0756. The molecule has 146 valence electrons. The highest BCUT2D eigenvalue weighted by Crippen LogP contribution is 2.39. The first-order chi connectivity index (χ1) is 14.0. The smallest absolute Gasteiger partial charge is 0.189 e. The first-order valence-electron chi connectivity index (χ1n) is 9.77. The predicted octanol–water partition coefficient (Wildman–Crippen LogP) is 3.92. The molecule has 0 spiro atoms. The summed E-state index contributed by atoms with van der Waals surface area (Å²) in [6.07, 6.45) is 3.23. The van der Waals surface area contributed by atoms with Gasteiger partial charge in [-0.1, -0.05) is 24.3 Å². The molecule has 5 nitrogen and oxygen atoms in total. The van der Waals surface area contributed by atoms with Crippen molar-refractivity contribution in [1.82, 2.24) is 5.32 Å². The number of aliphatic imine (C=N–C) groups is 1. The zero-order valence-corrected chi connectivity index (χ0v) is 16.1. The molecule has 1 aliphatic carbocycles. The van der Waals surface area contributed by atoms with Crippen molar-refractivity contribution in [3.63, 3.8) is 0 Å². The summed E-state index contributed by atoms with van der Waals surface area (Å²) < 4.78 is 14.3. The van der Waals surface area contributed by atoms with E-state index in [0.717, 1.165) is 35.4 Å². The number of hydrogen-bond donors (Lipinski definition) is 2. The van der Waals surface area contributed by atoms with Gasteiger partial charge in [0.2, 0.25) is 0 Å². The van der Waals surface area contributed by atoms with E-state index in [-0.39, 0.29) is 18.1 Å². The van der Waals surface area contributed by atoms with Gasteiger partial charge in [-0.3, -0.25) is 4.79 Å². The van der Waals surface area contributed by atoms with Gasteiger partial charge in [0.05, 0.1) is 17.9 Å². The minimum absolute atomic E-state index is 0.00458. The Balaban J connectivity index is 1.63. The highest BCUT2D eigenvalue weighted by Gasteiger charge is 2.35. The second-order valence-corrected chi connectivity index (χ2v) is 7.66. The zero-order valence-electron chi connectivity index (χ0n) is 16.1. The number of hydrogen-bond acceptors (Lipinski definition) is 5. The van der Waals surface area contributed by atoms with Gasteiger partial charge in [0.15, 0.2) is 5.78 Å². The fraction of sp³-hybridized carbons (Fsp3) is 0.217. The summed E-state index contributed by atoms with van der Waals surface area (Å²) in [5.41, 5.74) is 12.3. The van der Waals surface area contributed by atoms with Crippen LogP contribution in [0.5, 0.6) is 0 Å². The van der Waals surface area contributed by atoms with Crippen molar-refractivity contribution in [2.45, 2.75) is 26.2 Å². The van der Waals surface area contributed by atoms with Gasteiger partial charge in [0, 0.05) is 11.3 Å². The van der Waals surface area contributed by atoms with E-state index in [1.54, 1.807) is 18.2 Å². The number of nitrogens with one attached hydrogen (secondary N) is 1. The van der Waals surface area contributed by atoms with Gasteiger partial charge >= 0.3 is 0 Å². The molecule has 0 radical (unpaired) electrons. The van der Waals surface area contributed by atoms with Crippen molar-refractivity contribution < 1.29 is 9.18 Å². The molecule has 0 amide bonds. The fourth-order valence-electron chi connectivity index (χ4n) is 4.01. The van der Waals surface area contributed by atoms with Crippen LogP contribution in [0.3, 0.4) is 0 Å². The Labute approximate surface area is 168 Å². The van der Waals surface area contributed by atoms with Gasteiger partial charge in [-0.2, -0.15) is 0 Å². The molecule has 2 aromatic carbocycles. The molecule has 3 N–H and O–H groups in total. The number of rotatable bonds is 2. The standard InChI is InChI=1S/C23H21FN4O/c1-13-9-10-15-17(11-13)26-23(27-21(15)14-5-4-6-14)20-19(29)12-28(22(20)25)18-8-3-2-7-16(18)24/h2-3,7-11H,4-6,12,25H2,1H3,(H,26,27). The molecule has 0 bridgehead atoms. The first kappa shape index (κ1) is 17.7. The Morgan fingerprint density at radius 1 is 1.17 bits per heavy atom. The molecule has 0 aromatic heterocycles. The Kier molecular flexibility index (Phi) is 4.01. The van der Waals surface area contributed by atoms with E-state index in [1.165, 1.54) is 23.0 Å². The summed E-state index contributed by atoms with van der Waals surface area (Å²) in [6, 6.07) is 12.5. The number of benzene rings is 2. The van der Waals surface area contributed by atoms with Crippen LogP contribution in [0.25, 0.3) is 5.70 Å². The summed E-state index contributed by atoms with van der Waals surface area (Å²) in [7, 11) is 0. The zero-order chi connectivity index (χ0) is 20.1. The van der Waals surface area contributed by atoms with Gasteiger partial charge in [0.25, 0.3) is 0 Å². The van der Waals surface area contributed by atoms with E-state index in [1.807, 2.05) is 13.0 Å². The molecule has 6 heteroatoms. The quantitative estimate of drug-likeness (QED) is 0.818. The molecule has 5 rings (SSSR count). The van der Waals surface area contributed by atoms with Crippen LogP contribution in [0.1, 0.15) is 30.4 Å². The van der Waals surface area contributed by atoms with Crippen molar-refractivity contribution in [2.75, 3.05) is 11.4 Å². The number of nitrogens with two attached hydrogens (primary N) is 1. The van der Waals surface area contributed by atoms with Crippen LogP contribution in [0, 0.1) is 12.7 Å². The largest absolute Gasteiger partial charge is 0.384 e. The molecule has 2 heterocycles. The van der Waals surface area contributed by atoms with Crippen LogP contribution in [0.2, 0.25) is 0 Å². The minimum Gasteiger partial charge on any atom is -0.384 e. The number of nitrogens with zero attached hydrogens (tertiary/aromatic N) is 2. The predicted molar refractivity (Wildman–Crippen MR) is 112 cm³/mol. The molecule has 1 fully saturated rings. The summed E-state index contributed by atoms with van der Waals surface area (Å²) in [6.45, 7) is 2.01. The fourth-order valence-corrected chi connectivity index (χ4v) is 4.01. The van der Waals surface area contributed by atoms with Crippen LogP contribution in [0.4, 0.5) is 15.8 Å². The normalized spacial score (nSPS) is 18.5. The van der Waals surface area contributed by atoms with Crippen molar-refractivity contribution in [1.29, 1.82) is 0 Å².